The van der Waals surface area contributed by atoms with Crippen molar-refractivity contribution in [1.82, 2.24) is 25.5 Å². The van der Waals surface area contributed by atoms with E-state index >= 15 is 0 Å². The number of pyridine rings is 2. The van der Waals surface area contributed by atoms with Gasteiger partial charge in [0.25, 0.3) is 5.91 Å². The average Bonchev–Trinajstić information content (AvgIpc) is 2.76. The van der Waals surface area contributed by atoms with E-state index in [2.05, 4.69) is 20.6 Å². The van der Waals surface area contributed by atoms with Gasteiger partial charge in [-0.05, 0) is 30.7 Å². The first kappa shape index (κ1) is 21.4. The van der Waals surface area contributed by atoms with Crippen LogP contribution in [0.5, 0.6) is 0 Å². The summed E-state index contributed by atoms with van der Waals surface area (Å²) in [6.07, 6.45) is 1.28. The van der Waals surface area contributed by atoms with Gasteiger partial charge in [-0.25, -0.2) is 0 Å². The molecule has 3 rings (SSSR count). The molecule has 158 valence electrons. The molecule has 1 saturated heterocycles. The second-order valence-corrected chi connectivity index (χ2v) is 7.04. The molecule has 0 aliphatic carbocycles. The van der Waals surface area contributed by atoms with Gasteiger partial charge in [-0.15, -0.1) is 0 Å². The number of carbonyl (C=O) groups excluding carboxylic acids is 3. The van der Waals surface area contributed by atoms with Crippen molar-refractivity contribution in [3.8, 4) is 11.1 Å². The normalized spacial score (nSPS) is 16.1. The number of aromatic nitrogens is 2. The second-order valence-electron chi connectivity index (χ2n) is 7.04. The van der Waals surface area contributed by atoms with Crippen molar-refractivity contribution < 1.29 is 19.1 Å². The van der Waals surface area contributed by atoms with Crippen molar-refractivity contribution in [3.63, 3.8) is 0 Å². The summed E-state index contributed by atoms with van der Waals surface area (Å²) in [5, 5.41) is 5.08. The number of hydrogen-bond donors (Lipinski definition) is 2. The van der Waals surface area contributed by atoms with Crippen LogP contribution in [0.4, 0.5) is 0 Å². The van der Waals surface area contributed by atoms with Crippen LogP contribution in [-0.2, 0) is 14.3 Å². The zero-order valence-electron chi connectivity index (χ0n) is 17.3. The third-order valence-corrected chi connectivity index (χ3v) is 4.77. The predicted octanol–water partition coefficient (Wildman–Crippen LogP) is 0.848. The van der Waals surface area contributed by atoms with Crippen LogP contribution in [0, 0.1) is 6.92 Å². The Hall–Kier alpha value is -3.33. The maximum atomic E-state index is 12.3. The van der Waals surface area contributed by atoms with Crippen LogP contribution in [0.3, 0.4) is 0 Å². The zero-order valence-corrected chi connectivity index (χ0v) is 17.3. The van der Waals surface area contributed by atoms with Crippen LogP contribution in [0.2, 0.25) is 0 Å². The summed E-state index contributed by atoms with van der Waals surface area (Å²) in [4.78, 5) is 45.6. The Kier molecular flexibility index (Phi) is 6.73. The quantitative estimate of drug-likeness (QED) is 0.754. The second kappa shape index (κ2) is 9.45. The SMILES string of the molecule is CNC(=O)c1ccc(-c2cc(C)nc([C@@H]3CN(C(=O)CNC(C)=O)CCO3)c2)cn1. The van der Waals surface area contributed by atoms with E-state index in [1.807, 2.05) is 25.1 Å². The van der Waals surface area contributed by atoms with E-state index in [1.54, 1.807) is 24.2 Å². The molecule has 1 aliphatic heterocycles. The molecule has 0 radical (unpaired) electrons. The lowest BCUT2D eigenvalue weighted by molar-refractivity contribution is -0.139. The maximum absolute atomic E-state index is 12.3. The molecular weight excluding hydrogens is 386 g/mol. The van der Waals surface area contributed by atoms with Crippen molar-refractivity contribution in [2.24, 2.45) is 0 Å². The molecule has 9 heteroatoms. The van der Waals surface area contributed by atoms with Gasteiger partial charge in [-0.3, -0.25) is 24.4 Å². The van der Waals surface area contributed by atoms with Crippen LogP contribution >= 0.6 is 0 Å². The van der Waals surface area contributed by atoms with Gasteiger partial charge in [-0.2, -0.15) is 0 Å². The Labute approximate surface area is 174 Å². The fraction of sp³-hybridized carbons (Fsp3) is 0.381. The lowest BCUT2D eigenvalue weighted by Gasteiger charge is -2.33. The summed E-state index contributed by atoms with van der Waals surface area (Å²) in [5.74, 6) is -0.637. The molecule has 0 unspecified atom stereocenters. The minimum atomic E-state index is -0.364. The summed E-state index contributed by atoms with van der Waals surface area (Å²) in [6.45, 7) is 4.47. The van der Waals surface area contributed by atoms with Gasteiger partial charge in [0.1, 0.15) is 11.8 Å². The molecule has 1 fully saturated rings. The number of carbonyl (C=O) groups is 3. The average molecular weight is 411 g/mol. The summed E-state index contributed by atoms with van der Waals surface area (Å²) in [5.41, 5.74) is 3.62. The molecule has 2 aromatic rings. The Morgan fingerprint density at radius 3 is 2.70 bits per heavy atom. The van der Waals surface area contributed by atoms with E-state index in [0.717, 1.165) is 22.5 Å². The fourth-order valence-electron chi connectivity index (χ4n) is 3.22. The van der Waals surface area contributed by atoms with Gasteiger partial charge in [0.15, 0.2) is 0 Å². The maximum Gasteiger partial charge on any atom is 0.269 e. The number of aryl methyl sites for hydroxylation is 1. The van der Waals surface area contributed by atoms with Crippen molar-refractivity contribution in [3.05, 3.63) is 47.5 Å². The molecule has 1 aliphatic rings. The van der Waals surface area contributed by atoms with Gasteiger partial charge >= 0.3 is 0 Å². The van der Waals surface area contributed by atoms with Gasteiger partial charge in [0.2, 0.25) is 11.8 Å². The highest BCUT2D eigenvalue weighted by molar-refractivity contribution is 5.92. The number of nitrogens with one attached hydrogen (secondary N) is 2. The van der Waals surface area contributed by atoms with Crippen molar-refractivity contribution in [2.75, 3.05) is 33.3 Å². The Bertz CT molecular complexity index is 945. The molecule has 3 heterocycles. The molecule has 3 amide bonds. The first-order chi connectivity index (χ1) is 14.4. The number of morpholine rings is 1. The molecule has 0 aromatic carbocycles. The van der Waals surface area contributed by atoms with Crippen LogP contribution in [0.1, 0.15) is 34.9 Å². The van der Waals surface area contributed by atoms with Gasteiger partial charge in [0.05, 0.1) is 25.4 Å². The summed E-state index contributed by atoms with van der Waals surface area (Å²) < 4.78 is 5.87. The monoisotopic (exact) mass is 411 g/mol. The number of ether oxygens (including phenoxy) is 1. The van der Waals surface area contributed by atoms with Crippen molar-refractivity contribution >= 4 is 17.7 Å². The van der Waals surface area contributed by atoms with Crippen LogP contribution in [-0.4, -0.2) is 65.9 Å². The highest BCUT2D eigenvalue weighted by Gasteiger charge is 2.26. The van der Waals surface area contributed by atoms with Gasteiger partial charge in [-0.1, -0.05) is 6.07 Å². The van der Waals surface area contributed by atoms with E-state index in [9.17, 15) is 14.4 Å². The van der Waals surface area contributed by atoms with Crippen molar-refractivity contribution in [1.29, 1.82) is 0 Å². The standard InChI is InChI=1S/C21H25N5O4/c1-13-8-16(15-4-5-17(24-10-15)21(29)22-3)9-18(25-13)19-12-26(6-7-30-19)20(28)11-23-14(2)27/h4-5,8-10,19H,6-7,11-12H2,1-3H3,(H,22,29)(H,23,27)/t19-/m0/s1. The zero-order chi connectivity index (χ0) is 21.7. The smallest absolute Gasteiger partial charge is 0.269 e. The van der Waals surface area contributed by atoms with Crippen LogP contribution in [0.25, 0.3) is 11.1 Å². The van der Waals surface area contributed by atoms with E-state index in [1.165, 1.54) is 6.92 Å². The minimum absolute atomic E-state index is 0.0299. The molecule has 2 aromatic heterocycles. The molecule has 0 bridgehead atoms. The largest absolute Gasteiger partial charge is 0.368 e. The van der Waals surface area contributed by atoms with E-state index in [-0.39, 0.29) is 30.4 Å². The first-order valence-electron chi connectivity index (χ1n) is 9.68. The minimum Gasteiger partial charge on any atom is -0.368 e. The lowest BCUT2D eigenvalue weighted by atomic mass is 10.0. The first-order valence-corrected chi connectivity index (χ1v) is 9.68. The third kappa shape index (κ3) is 5.18. The molecule has 1 atom stereocenters. The highest BCUT2D eigenvalue weighted by atomic mass is 16.5. The van der Waals surface area contributed by atoms with E-state index in [4.69, 9.17) is 4.74 Å². The molecule has 30 heavy (non-hydrogen) atoms. The molecule has 9 nitrogen and oxygen atoms in total. The highest BCUT2D eigenvalue weighted by Crippen LogP contribution is 2.26. The summed E-state index contributed by atoms with van der Waals surface area (Å²) in [6, 6.07) is 7.35. The Morgan fingerprint density at radius 2 is 2.03 bits per heavy atom. The Balaban J connectivity index is 1.78. The number of amides is 3. The Morgan fingerprint density at radius 1 is 1.23 bits per heavy atom. The number of hydrogen-bond acceptors (Lipinski definition) is 6. The number of rotatable bonds is 5. The molecular formula is C21H25N5O4. The summed E-state index contributed by atoms with van der Waals surface area (Å²) >= 11 is 0. The third-order valence-electron chi connectivity index (χ3n) is 4.77. The van der Waals surface area contributed by atoms with Gasteiger partial charge < -0.3 is 20.3 Å². The molecule has 2 N–H and O–H groups in total. The van der Waals surface area contributed by atoms with Gasteiger partial charge in [0, 0.05) is 38.0 Å². The van der Waals surface area contributed by atoms with E-state index in [0.29, 0.717) is 25.4 Å². The predicted molar refractivity (Wildman–Crippen MR) is 110 cm³/mol. The van der Waals surface area contributed by atoms with E-state index < -0.39 is 0 Å². The molecule has 0 saturated carbocycles. The topological polar surface area (TPSA) is 114 Å². The van der Waals surface area contributed by atoms with Crippen LogP contribution in [0.15, 0.2) is 30.5 Å². The lowest BCUT2D eigenvalue weighted by Crippen LogP contribution is -2.46. The molecule has 0 spiro atoms. The summed E-state index contributed by atoms with van der Waals surface area (Å²) in [7, 11) is 1.56. The van der Waals surface area contributed by atoms with Crippen LogP contribution < -0.4 is 10.6 Å². The number of nitrogens with zero attached hydrogens (tertiary/aromatic N) is 3. The van der Waals surface area contributed by atoms with Crippen molar-refractivity contribution in [2.45, 2.75) is 20.0 Å². The fourth-order valence-corrected chi connectivity index (χ4v) is 3.22.